The molecule has 2 aromatic carbocycles. The highest BCUT2D eigenvalue weighted by Gasteiger charge is 2.27. The molecule has 1 aliphatic carbocycles. The number of rotatable bonds is 11. The van der Waals surface area contributed by atoms with Crippen molar-refractivity contribution in [1.29, 1.82) is 0 Å². The number of aryl methyl sites for hydroxylation is 2. The predicted octanol–water partition coefficient (Wildman–Crippen LogP) is 3.01. The van der Waals surface area contributed by atoms with E-state index in [1.165, 1.54) is 11.3 Å². The molecule has 0 aliphatic heterocycles. The molecule has 0 radical (unpaired) electrons. The van der Waals surface area contributed by atoms with E-state index in [9.17, 15) is 13.2 Å². The van der Waals surface area contributed by atoms with Crippen molar-refractivity contribution in [3.05, 3.63) is 59.7 Å². The summed E-state index contributed by atoms with van der Waals surface area (Å²) in [5, 5.41) is 2.98. The summed E-state index contributed by atoms with van der Waals surface area (Å²) in [6.07, 6.45) is 2.78. The number of anilines is 1. The molecule has 0 heterocycles. The van der Waals surface area contributed by atoms with Crippen molar-refractivity contribution in [2.45, 2.75) is 50.5 Å². The van der Waals surface area contributed by atoms with Crippen molar-refractivity contribution in [3.8, 4) is 0 Å². The number of carbonyl (C=O) groups excluding carboxylic acids is 1. The van der Waals surface area contributed by atoms with Crippen LogP contribution in [0.4, 0.5) is 5.69 Å². The third-order valence-electron chi connectivity index (χ3n) is 5.32. The van der Waals surface area contributed by atoms with Gasteiger partial charge in [-0.3, -0.25) is 4.79 Å². The fraction of sp³-hybridized carbons (Fsp3) is 0.435. The number of nitrogens with one attached hydrogen (secondary N) is 2. The Morgan fingerprint density at radius 3 is 2.43 bits per heavy atom. The summed E-state index contributed by atoms with van der Waals surface area (Å²) < 4.78 is 27.1. The van der Waals surface area contributed by atoms with Crippen LogP contribution in [0.25, 0.3) is 0 Å². The molecule has 7 heteroatoms. The predicted molar refractivity (Wildman–Crippen MR) is 120 cm³/mol. The quantitative estimate of drug-likeness (QED) is 0.576. The van der Waals surface area contributed by atoms with Crippen LogP contribution in [0, 0.1) is 6.92 Å². The molecule has 2 aromatic rings. The number of nitrogens with zero attached hydrogens (tertiary/aromatic N) is 1. The van der Waals surface area contributed by atoms with E-state index in [1.54, 1.807) is 24.3 Å². The minimum atomic E-state index is -3.43. The third-order valence-corrected chi connectivity index (χ3v) is 6.85. The summed E-state index contributed by atoms with van der Waals surface area (Å²) in [7, 11) is -3.43. The molecule has 0 atom stereocenters. The molecule has 0 aromatic heterocycles. The maximum Gasteiger partial charge on any atom is 0.240 e. The van der Waals surface area contributed by atoms with Gasteiger partial charge >= 0.3 is 0 Å². The zero-order chi connectivity index (χ0) is 21.6. The fourth-order valence-electron chi connectivity index (χ4n) is 3.37. The second kappa shape index (κ2) is 10.1. The first-order valence-corrected chi connectivity index (χ1v) is 12.1. The van der Waals surface area contributed by atoms with Gasteiger partial charge in [-0.15, -0.1) is 0 Å². The lowest BCUT2D eigenvalue weighted by atomic mass is 10.1. The lowest BCUT2D eigenvalue weighted by Gasteiger charge is -2.25. The zero-order valence-electron chi connectivity index (χ0n) is 17.7. The number of hydrogen-bond acceptors (Lipinski definition) is 4. The molecule has 1 fully saturated rings. The van der Waals surface area contributed by atoms with Crippen molar-refractivity contribution in [2.75, 3.05) is 24.5 Å². The van der Waals surface area contributed by atoms with E-state index in [4.69, 9.17) is 0 Å². The van der Waals surface area contributed by atoms with Gasteiger partial charge < -0.3 is 10.2 Å². The second-order valence-electron chi connectivity index (χ2n) is 7.76. The highest BCUT2D eigenvalue weighted by atomic mass is 32.2. The van der Waals surface area contributed by atoms with Crippen molar-refractivity contribution in [2.24, 2.45) is 0 Å². The summed E-state index contributed by atoms with van der Waals surface area (Å²) >= 11 is 0. The van der Waals surface area contributed by atoms with Crippen LogP contribution in [0.1, 0.15) is 37.3 Å². The van der Waals surface area contributed by atoms with Gasteiger partial charge in [0.2, 0.25) is 15.9 Å². The Bertz CT molecular complexity index is 954. The van der Waals surface area contributed by atoms with Gasteiger partial charge in [-0.05, 0) is 62.4 Å². The Kier molecular flexibility index (Phi) is 7.50. The van der Waals surface area contributed by atoms with Crippen molar-refractivity contribution >= 4 is 21.6 Å². The molecule has 6 nitrogen and oxygen atoms in total. The van der Waals surface area contributed by atoms with Gasteiger partial charge in [0, 0.05) is 37.8 Å². The van der Waals surface area contributed by atoms with Crippen molar-refractivity contribution < 1.29 is 13.2 Å². The molecule has 1 aliphatic rings. The first-order chi connectivity index (χ1) is 14.4. The molecule has 0 unspecified atom stereocenters. The molecule has 0 saturated heterocycles. The molecule has 0 spiro atoms. The van der Waals surface area contributed by atoms with Gasteiger partial charge in [0.1, 0.15) is 0 Å². The maximum atomic E-state index is 12.2. The molecule has 0 bridgehead atoms. The van der Waals surface area contributed by atoms with Gasteiger partial charge in [0.15, 0.2) is 0 Å². The van der Waals surface area contributed by atoms with Crippen LogP contribution < -0.4 is 14.9 Å². The third kappa shape index (κ3) is 6.31. The highest BCUT2D eigenvalue weighted by molar-refractivity contribution is 7.89. The van der Waals surface area contributed by atoms with Crippen LogP contribution in [-0.4, -0.2) is 40.0 Å². The molecule has 30 heavy (non-hydrogen) atoms. The van der Waals surface area contributed by atoms with Crippen LogP contribution in [0.15, 0.2) is 53.4 Å². The smallest absolute Gasteiger partial charge is 0.240 e. The van der Waals surface area contributed by atoms with Crippen LogP contribution in [0.5, 0.6) is 0 Å². The fourth-order valence-corrected chi connectivity index (χ4v) is 4.67. The standard InChI is InChI=1S/C23H31N3O3S/c1-3-26(22-7-5-4-6-18(22)2)17-16-24-23(27)15-10-19-8-13-21(14-9-19)30(28,29)25-20-11-12-20/h4-9,13-14,20,25H,3,10-12,15-17H2,1-2H3,(H,24,27). The number of amides is 1. The maximum absolute atomic E-state index is 12.2. The number of likely N-dealkylation sites (N-methyl/N-ethyl adjacent to an activating group) is 1. The van der Waals surface area contributed by atoms with Crippen molar-refractivity contribution in [3.63, 3.8) is 0 Å². The number of hydrogen-bond donors (Lipinski definition) is 2. The normalized spacial score (nSPS) is 13.8. The summed E-state index contributed by atoms with van der Waals surface area (Å²) in [6.45, 7) is 6.43. The average Bonchev–Trinajstić information content (AvgIpc) is 3.54. The van der Waals surface area contributed by atoms with Crippen molar-refractivity contribution in [1.82, 2.24) is 10.0 Å². The van der Waals surface area contributed by atoms with Gasteiger partial charge in [-0.1, -0.05) is 30.3 Å². The minimum absolute atomic E-state index is 0.00272. The second-order valence-corrected chi connectivity index (χ2v) is 9.47. The van der Waals surface area contributed by atoms with Crippen LogP contribution in [-0.2, 0) is 21.2 Å². The Morgan fingerprint density at radius 2 is 1.80 bits per heavy atom. The number of benzene rings is 2. The van der Waals surface area contributed by atoms with Gasteiger partial charge in [-0.2, -0.15) is 0 Å². The average molecular weight is 430 g/mol. The molecule has 3 rings (SSSR count). The Morgan fingerprint density at radius 1 is 1.10 bits per heavy atom. The molecule has 1 amide bonds. The van der Waals surface area contributed by atoms with E-state index in [1.807, 2.05) is 12.1 Å². The summed E-state index contributed by atoms with van der Waals surface area (Å²) in [4.78, 5) is 14.7. The number of para-hydroxylation sites is 1. The van der Waals surface area contributed by atoms with Gasteiger partial charge in [0.25, 0.3) is 0 Å². The van der Waals surface area contributed by atoms with Crippen LogP contribution >= 0.6 is 0 Å². The van der Waals surface area contributed by atoms with Crippen LogP contribution in [0.2, 0.25) is 0 Å². The Hall–Kier alpha value is -2.38. The SMILES string of the molecule is CCN(CCNC(=O)CCc1ccc(S(=O)(=O)NC2CC2)cc1)c1ccccc1C. The lowest BCUT2D eigenvalue weighted by molar-refractivity contribution is -0.121. The van der Waals surface area contributed by atoms with E-state index in [-0.39, 0.29) is 16.8 Å². The molecule has 2 N–H and O–H groups in total. The first-order valence-electron chi connectivity index (χ1n) is 10.6. The van der Waals surface area contributed by atoms with Crippen LogP contribution in [0.3, 0.4) is 0 Å². The van der Waals surface area contributed by atoms with E-state index in [0.717, 1.165) is 31.5 Å². The Labute approximate surface area is 179 Å². The van der Waals surface area contributed by atoms with E-state index in [2.05, 4.69) is 40.9 Å². The van der Waals surface area contributed by atoms with E-state index in [0.29, 0.717) is 19.4 Å². The van der Waals surface area contributed by atoms with E-state index >= 15 is 0 Å². The number of sulfonamides is 1. The summed E-state index contributed by atoms with van der Waals surface area (Å²) in [6, 6.07) is 15.1. The zero-order valence-corrected chi connectivity index (χ0v) is 18.5. The molecule has 1 saturated carbocycles. The first kappa shape index (κ1) is 22.3. The monoisotopic (exact) mass is 429 g/mol. The summed E-state index contributed by atoms with van der Waals surface area (Å²) in [5.74, 6) is 0.00272. The highest BCUT2D eigenvalue weighted by Crippen LogP contribution is 2.22. The molecule has 162 valence electrons. The van der Waals surface area contributed by atoms with Gasteiger partial charge in [-0.25, -0.2) is 13.1 Å². The van der Waals surface area contributed by atoms with E-state index < -0.39 is 10.0 Å². The topological polar surface area (TPSA) is 78.5 Å². The Balaban J connectivity index is 1.42. The lowest BCUT2D eigenvalue weighted by Crippen LogP contribution is -2.35. The van der Waals surface area contributed by atoms with Gasteiger partial charge in [0.05, 0.1) is 4.90 Å². The minimum Gasteiger partial charge on any atom is -0.370 e. The summed E-state index contributed by atoms with van der Waals surface area (Å²) in [5.41, 5.74) is 3.37. The number of carbonyl (C=O) groups is 1. The largest absolute Gasteiger partial charge is 0.370 e. The molecular weight excluding hydrogens is 398 g/mol. The molecular formula is C23H31N3O3S.